The molecule has 7 nitrogen and oxygen atoms in total. The molecule has 0 aromatic rings. The maximum atomic E-state index is 8.88. The zero-order valence-corrected chi connectivity index (χ0v) is 4.89. The maximum absolute atomic E-state index is 8.88. The molecule has 68 valence electrons. The van der Waals surface area contributed by atoms with Crippen molar-refractivity contribution >= 4 is 127 Å². The molecule has 0 atom stereocenters. The van der Waals surface area contributed by atoms with Crippen LogP contribution < -0.4 is 0 Å². The van der Waals surface area contributed by atoms with E-state index in [0.29, 0.717) is 0 Å². The number of carbonyl (C=O) groups is 1. The van der Waals surface area contributed by atoms with E-state index in [1.807, 2.05) is 0 Å². The zero-order valence-electron chi connectivity index (χ0n) is 4.00. The Morgan fingerprint density at radius 2 is 0.917 bits per heavy atom. The molecule has 0 unspecified atom stereocenters. The summed E-state index contributed by atoms with van der Waals surface area (Å²) in [5.41, 5.74) is 0. The van der Waals surface area contributed by atoms with E-state index >= 15 is 0 Å². The fraction of sp³-hybridized carbons (Fsp3) is 0. The molecule has 0 saturated heterocycles. The third kappa shape index (κ3) is 195. The van der Waals surface area contributed by atoms with Crippen molar-refractivity contribution in [2.24, 2.45) is 0 Å². The summed E-state index contributed by atoms with van der Waals surface area (Å²) >= 11 is 0. The van der Waals surface area contributed by atoms with Crippen molar-refractivity contribution in [3.8, 4) is 0 Å². The number of rotatable bonds is 0. The molecule has 0 aliphatic rings. The molecule has 0 spiro atoms. The average Bonchev–Trinajstić information content (AvgIpc) is 1.19. The van der Waals surface area contributed by atoms with E-state index in [1.54, 1.807) is 0 Å². The second-order valence-corrected chi connectivity index (χ2v) is 1.82. The van der Waals surface area contributed by atoms with Crippen LogP contribution in [0.2, 0.25) is 0 Å². The molecule has 12 heavy (non-hydrogen) atoms. The Bertz CT molecular complexity index is 118. The number of carboxylic acid groups (broad SMARTS) is 2. The Morgan fingerprint density at radius 1 is 0.917 bits per heavy atom. The van der Waals surface area contributed by atoms with Gasteiger partial charge in [0.05, 0.1) is 0 Å². The van der Waals surface area contributed by atoms with Crippen LogP contribution in [0.3, 0.4) is 0 Å². The van der Waals surface area contributed by atoms with Gasteiger partial charge in [-0.15, -0.1) is 0 Å². The van der Waals surface area contributed by atoms with Crippen LogP contribution in [-0.4, -0.2) is 144 Å². The van der Waals surface area contributed by atoms with Gasteiger partial charge in [-0.25, -0.2) is 9.36 Å². The molecule has 0 bridgehead atoms. The van der Waals surface area contributed by atoms with Crippen LogP contribution in [0.1, 0.15) is 0 Å². The molecule has 0 amide bonds. The Labute approximate surface area is 158 Å². The Kier molecular flexibility index (Phi) is 40.7. The topological polar surface area (TPSA) is 135 Å². The summed E-state index contributed by atoms with van der Waals surface area (Å²) in [6.07, 6.45) is -1.83. The van der Waals surface area contributed by atoms with Crippen LogP contribution >= 0.6 is 7.82 Å². The first kappa shape index (κ1) is 29.4. The van der Waals surface area contributed by atoms with Gasteiger partial charge in [0.15, 0.2) is 0 Å². The molecule has 0 aromatic carbocycles. The second kappa shape index (κ2) is 16.6. The number of phosphoric acid groups is 1. The summed E-state index contributed by atoms with van der Waals surface area (Å²) in [6, 6.07) is 0. The van der Waals surface area contributed by atoms with Crippen LogP contribution in [0, 0.1) is 0 Å². The van der Waals surface area contributed by atoms with Gasteiger partial charge in [-0.2, -0.15) is 0 Å². The zero-order chi connectivity index (χ0) is 8.08. The molecule has 0 saturated carbocycles. The second-order valence-electron chi connectivity index (χ2n) is 0.796. The van der Waals surface area contributed by atoms with E-state index in [9.17, 15) is 0 Å². The third-order valence-electron chi connectivity index (χ3n) is 0. The van der Waals surface area contributed by atoms with Gasteiger partial charge in [-0.1, -0.05) is 0 Å². The van der Waals surface area contributed by atoms with E-state index in [2.05, 4.69) is 0 Å². The van der Waals surface area contributed by atoms with Crippen LogP contribution in [0.5, 0.6) is 0 Å². The number of hydrogen-bond donors (Lipinski definition) is 5. The Balaban J connectivity index is -0.0000000221. The summed E-state index contributed by atoms with van der Waals surface area (Å²) in [4.78, 5) is 30.1. The van der Waals surface area contributed by atoms with E-state index in [0.717, 1.165) is 0 Å². The van der Waals surface area contributed by atoms with Crippen molar-refractivity contribution in [3.05, 3.63) is 0 Å². The van der Waals surface area contributed by atoms with E-state index in [-0.39, 0.29) is 113 Å². The molecule has 0 fully saturated rings. The average molecular weight is 286 g/mol. The molecule has 0 aliphatic carbocycles. The minimum atomic E-state index is -4.64. The SMILES string of the molecule is O=C(O)O.O=P(O)(O)O.[CaH2].[CaH2].[CaH2]. The third-order valence-corrected chi connectivity index (χ3v) is 0. The van der Waals surface area contributed by atoms with Gasteiger partial charge < -0.3 is 24.9 Å². The van der Waals surface area contributed by atoms with Gasteiger partial charge in [0.2, 0.25) is 0 Å². The quantitative estimate of drug-likeness (QED) is 0.231. The number of hydrogen-bond acceptors (Lipinski definition) is 2. The van der Waals surface area contributed by atoms with Gasteiger partial charge in [0.1, 0.15) is 0 Å². The molecule has 0 radical (unpaired) electrons. The molecular formula is CH11Ca3O7P. The first-order valence-corrected chi connectivity index (χ1v) is 3.00. The summed E-state index contributed by atoms with van der Waals surface area (Å²) in [5.74, 6) is 0. The molecule has 5 N–H and O–H groups in total. The van der Waals surface area contributed by atoms with Crippen molar-refractivity contribution in [2.75, 3.05) is 0 Å². The van der Waals surface area contributed by atoms with Gasteiger partial charge in [0.25, 0.3) is 0 Å². The van der Waals surface area contributed by atoms with Gasteiger partial charge in [0, 0.05) is 0 Å². The van der Waals surface area contributed by atoms with Crippen LogP contribution in [0.15, 0.2) is 0 Å². The van der Waals surface area contributed by atoms with Gasteiger partial charge >= 0.3 is 127 Å². The Hall–Kier alpha value is 3.16. The van der Waals surface area contributed by atoms with Crippen LogP contribution in [-0.2, 0) is 4.57 Å². The fourth-order valence-corrected chi connectivity index (χ4v) is 0. The normalized spacial score (nSPS) is 6.92. The van der Waals surface area contributed by atoms with Crippen molar-refractivity contribution in [1.29, 1.82) is 0 Å². The molecule has 11 heteroatoms. The predicted molar refractivity (Wildman–Crippen MR) is 50.5 cm³/mol. The Morgan fingerprint density at radius 3 is 0.917 bits per heavy atom. The summed E-state index contributed by atoms with van der Waals surface area (Å²) in [7, 11) is -4.64. The summed E-state index contributed by atoms with van der Waals surface area (Å²) < 4.78 is 8.88. The predicted octanol–water partition coefficient (Wildman–Crippen LogP) is -3.45. The standard InChI is InChI=1S/CH2O3.3Ca.H3O4P.6H/c2-1(3)4;;;;1-5(2,3)4;;;;;;/h(H2,2,3,4);;;;(H3,1,2,3,4);;;;;;. The fourth-order valence-electron chi connectivity index (χ4n) is 0. The minimum absolute atomic E-state index is 0. The van der Waals surface area contributed by atoms with Crippen molar-refractivity contribution < 1.29 is 34.3 Å². The molecule has 0 heterocycles. The monoisotopic (exact) mass is 286 g/mol. The molecular weight excluding hydrogens is 275 g/mol. The molecule has 0 rings (SSSR count). The summed E-state index contributed by atoms with van der Waals surface area (Å²) in [6.45, 7) is 0. The first-order chi connectivity index (χ1) is 3.73. The van der Waals surface area contributed by atoms with E-state index < -0.39 is 14.0 Å². The van der Waals surface area contributed by atoms with Crippen LogP contribution in [0.4, 0.5) is 4.79 Å². The summed E-state index contributed by atoms with van der Waals surface area (Å²) in [5, 5.41) is 13.9. The van der Waals surface area contributed by atoms with Crippen molar-refractivity contribution in [3.63, 3.8) is 0 Å². The van der Waals surface area contributed by atoms with Gasteiger partial charge in [-0.3, -0.25) is 0 Å². The molecule has 0 aromatic heterocycles. The molecule has 0 aliphatic heterocycles. The van der Waals surface area contributed by atoms with E-state index in [1.165, 1.54) is 0 Å². The van der Waals surface area contributed by atoms with Crippen molar-refractivity contribution in [1.82, 2.24) is 0 Å². The van der Waals surface area contributed by atoms with Gasteiger partial charge in [-0.05, 0) is 0 Å². The van der Waals surface area contributed by atoms with Crippen LogP contribution in [0.25, 0.3) is 0 Å². The first-order valence-electron chi connectivity index (χ1n) is 1.43. The van der Waals surface area contributed by atoms with E-state index in [4.69, 9.17) is 34.3 Å². The van der Waals surface area contributed by atoms with Crippen molar-refractivity contribution in [2.45, 2.75) is 0 Å².